The van der Waals surface area contributed by atoms with Crippen molar-refractivity contribution in [3.8, 4) is 22.8 Å². The van der Waals surface area contributed by atoms with Crippen LogP contribution < -0.4 is 15.2 Å². The van der Waals surface area contributed by atoms with E-state index in [1.165, 1.54) is 6.07 Å². The van der Waals surface area contributed by atoms with Gasteiger partial charge in [-0.2, -0.15) is 0 Å². The zero-order valence-corrected chi connectivity index (χ0v) is 15.6. The lowest BCUT2D eigenvalue weighted by molar-refractivity contribution is 0.257. The smallest absolute Gasteiger partial charge is 0.220 e. The first kappa shape index (κ1) is 17.4. The van der Waals surface area contributed by atoms with Crippen LogP contribution in [0.1, 0.15) is 17.3 Å². The average molecular weight is 391 g/mol. The molecule has 8 heteroatoms. The zero-order valence-electron chi connectivity index (χ0n) is 15.6. The molecule has 3 heterocycles. The molecule has 2 aromatic heterocycles. The Bertz CT molecular complexity index is 1220. The van der Waals surface area contributed by atoms with E-state index < -0.39 is 5.82 Å². The van der Waals surface area contributed by atoms with Gasteiger partial charge in [-0.05, 0) is 48.4 Å². The number of H-pyrrole nitrogens is 1. The van der Waals surface area contributed by atoms with Crippen molar-refractivity contribution in [2.45, 2.75) is 12.3 Å². The minimum Gasteiger partial charge on any atom is -0.497 e. The number of rotatable bonds is 3. The molecule has 0 bridgehead atoms. The quantitative estimate of drug-likeness (QED) is 0.555. The van der Waals surface area contributed by atoms with Crippen molar-refractivity contribution in [1.29, 1.82) is 0 Å². The van der Waals surface area contributed by atoms with Gasteiger partial charge in [0.05, 0.1) is 30.8 Å². The fourth-order valence-corrected chi connectivity index (χ4v) is 3.64. The van der Waals surface area contributed by atoms with E-state index in [2.05, 4.69) is 19.9 Å². The number of aromatic amines is 1. The molecule has 3 N–H and O–H groups in total. The van der Waals surface area contributed by atoms with Crippen LogP contribution in [0.15, 0.2) is 42.6 Å². The highest BCUT2D eigenvalue weighted by Gasteiger charge is 2.25. The second-order valence-corrected chi connectivity index (χ2v) is 6.96. The molecule has 5 rings (SSSR count). The van der Waals surface area contributed by atoms with Crippen LogP contribution in [-0.4, -0.2) is 33.7 Å². The average Bonchev–Trinajstić information content (AvgIpc) is 3.18. The Labute approximate surface area is 165 Å². The molecule has 1 atom stereocenters. The van der Waals surface area contributed by atoms with E-state index in [-0.39, 0.29) is 11.9 Å². The Morgan fingerprint density at radius 1 is 1.21 bits per heavy atom. The van der Waals surface area contributed by atoms with Crippen molar-refractivity contribution < 1.29 is 13.9 Å². The molecule has 0 radical (unpaired) electrons. The third-order valence-electron chi connectivity index (χ3n) is 5.09. The first-order valence-corrected chi connectivity index (χ1v) is 9.18. The first-order chi connectivity index (χ1) is 14.1. The van der Waals surface area contributed by atoms with Crippen LogP contribution in [0.5, 0.6) is 11.5 Å². The van der Waals surface area contributed by atoms with Gasteiger partial charge in [-0.15, -0.1) is 0 Å². The van der Waals surface area contributed by atoms with Gasteiger partial charge in [0.25, 0.3) is 0 Å². The van der Waals surface area contributed by atoms with E-state index >= 15 is 0 Å². The van der Waals surface area contributed by atoms with E-state index in [9.17, 15) is 4.39 Å². The molecule has 0 unspecified atom stereocenters. The molecule has 0 spiro atoms. The normalized spacial score (nSPS) is 15.7. The number of fused-ring (bicyclic) bond motifs is 2. The first-order valence-electron chi connectivity index (χ1n) is 9.18. The van der Waals surface area contributed by atoms with E-state index in [1.807, 2.05) is 24.3 Å². The van der Waals surface area contributed by atoms with Crippen molar-refractivity contribution in [3.63, 3.8) is 0 Å². The summed E-state index contributed by atoms with van der Waals surface area (Å²) in [6.07, 6.45) is 2.27. The van der Waals surface area contributed by atoms with Crippen molar-refractivity contribution in [1.82, 2.24) is 19.9 Å². The van der Waals surface area contributed by atoms with Gasteiger partial charge in [-0.3, -0.25) is 0 Å². The lowest BCUT2D eigenvalue weighted by Crippen LogP contribution is -2.20. The number of benzene rings is 2. The Hall–Kier alpha value is -3.68. The second kappa shape index (κ2) is 6.73. The molecule has 4 aromatic rings. The molecule has 1 aliphatic heterocycles. The minimum atomic E-state index is -0.420. The van der Waals surface area contributed by atoms with Crippen molar-refractivity contribution in [2.75, 3.05) is 19.5 Å². The van der Waals surface area contributed by atoms with Crippen LogP contribution in [0.4, 0.5) is 10.3 Å². The highest BCUT2D eigenvalue weighted by molar-refractivity contribution is 5.82. The highest BCUT2D eigenvalue weighted by Crippen LogP contribution is 2.35. The Balaban J connectivity index is 1.51. The van der Waals surface area contributed by atoms with Crippen LogP contribution in [0.25, 0.3) is 22.3 Å². The van der Waals surface area contributed by atoms with Crippen LogP contribution >= 0.6 is 0 Å². The van der Waals surface area contributed by atoms with Crippen LogP contribution in [0, 0.1) is 5.82 Å². The number of nitrogen functional groups attached to an aromatic ring is 1. The molecule has 7 nitrogen and oxygen atoms in total. The maximum Gasteiger partial charge on any atom is 0.220 e. The molecule has 2 aromatic carbocycles. The van der Waals surface area contributed by atoms with E-state index in [0.717, 1.165) is 23.5 Å². The SMILES string of the molecule is COc1ccc2c(c1)C[C@H](c1nc3c(F)cc(-c4ccnc(N)n4)cc3[nH]1)CO2. The number of halogens is 1. The molecule has 0 amide bonds. The summed E-state index contributed by atoms with van der Waals surface area (Å²) >= 11 is 0. The number of imidazole rings is 1. The number of methoxy groups -OCH3 is 1. The number of aromatic nitrogens is 4. The zero-order chi connectivity index (χ0) is 20.0. The van der Waals surface area contributed by atoms with Gasteiger partial charge in [0.15, 0.2) is 5.82 Å². The third kappa shape index (κ3) is 3.12. The number of hydrogen-bond donors (Lipinski definition) is 2. The van der Waals surface area contributed by atoms with Gasteiger partial charge in [0, 0.05) is 11.8 Å². The van der Waals surface area contributed by atoms with Crippen LogP contribution in [0.2, 0.25) is 0 Å². The Morgan fingerprint density at radius 2 is 2.10 bits per heavy atom. The molecule has 0 saturated heterocycles. The lowest BCUT2D eigenvalue weighted by atomic mass is 9.96. The van der Waals surface area contributed by atoms with Gasteiger partial charge >= 0.3 is 0 Å². The van der Waals surface area contributed by atoms with Gasteiger partial charge in [-0.1, -0.05) is 0 Å². The summed E-state index contributed by atoms with van der Waals surface area (Å²) < 4.78 is 25.9. The van der Waals surface area contributed by atoms with Crippen molar-refractivity contribution in [3.05, 3.63) is 59.8 Å². The topological polar surface area (TPSA) is 98.9 Å². The molecule has 0 aliphatic carbocycles. The monoisotopic (exact) mass is 391 g/mol. The van der Waals surface area contributed by atoms with Crippen LogP contribution in [0.3, 0.4) is 0 Å². The fraction of sp³-hybridized carbons (Fsp3) is 0.190. The predicted molar refractivity (Wildman–Crippen MR) is 106 cm³/mol. The molecule has 0 saturated carbocycles. The highest BCUT2D eigenvalue weighted by atomic mass is 19.1. The number of nitrogens with zero attached hydrogens (tertiary/aromatic N) is 3. The maximum absolute atomic E-state index is 14.7. The summed E-state index contributed by atoms with van der Waals surface area (Å²) in [5.41, 5.74) is 8.74. The molecule has 0 fully saturated rings. The minimum absolute atomic E-state index is 0.0143. The summed E-state index contributed by atoms with van der Waals surface area (Å²) in [7, 11) is 1.63. The largest absolute Gasteiger partial charge is 0.497 e. The molecule has 146 valence electrons. The number of ether oxygens (including phenoxy) is 2. The van der Waals surface area contributed by atoms with E-state index in [0.29, 0.717) is 34.7 Å². The summed E-state index contributed by atoms with van der Waals surface area (Å²) in [6, 6.07) is 10.7. The standard InChI is InChI=1S/C21H18FN5O2/c1-28-14-2-3-18-12(7-14)6-13(10-29-18)20-25-17-9-11(8-15(22)19(17)27-20)16-4-5-24-21(23)26-16/h2-5,7-9,13H,6,10H2,1H3,(H,25,27)(H2,23,24,26)/t13-/m0/s1. The molecule has 1 aliphatic rings. The molecule has 29 heavy (non-hydrogen) atoms. The Kier molecular flexibility index (Phi) is 4.04. The summed E-state index contributed by atoms with van der Waals surface area (Å²) in [4.78, 5) is 15.8. The van der Waals surface area contributed by atoms with Gasteiger partial charge in [0.2, 0.25) is 5.95 Å². The Morgan fingerprint density at radius 3 is 2.93 bits per heavy atom. The predicted octanol–water partition coefficient (Wildman–Crippen LogP) is 3.47. The lowest BCUT2D eigenvalue weighted by Gasteiger charge is -2.24. The van der Waals surface area contributed by atoms with Crippen LogP contribution in [-0.2, 0) is 6.42 Å². The second-order valence-electron chi connectivity index (χ2n) is 6.96. The fourth-order valence-electron chi connectivity index (χ4n) is 3.64. The van der Waals surface area contributed by atoms with E-state index in [4.69, 9.17) is 15.2 Å². The number of hydrogen-bond acceptors (Lipinski definition) is 6. The van der Waals surface area contributed by atoms with Gasteiger partial charge in [0.1, 0.15) is 22.8 Å². The van der Waals surface area contributed by atoms with Crippen molar-refractivity contribution >= 4 is 17.0 Å². The number of nitrogens with one attached hydrogen (secondary N) is 1. The van der Waals surface area contributed by atoms with Gasteiger partial charge < -0.3 is 20.2 Å². The number of anilines is 1. The van der Waals surface area contributed by atoms with Crippen molar-refractivity contribution in [2.24, 2.45) is 0 Å². The molecular weight excluding hydrogens is 373 g/mol. The summed E-state index contributed by atoms with van der Waals surface area (Å²) in [5, 5.41) is 0. The maximum atomic E-state index is 14.7. The number of nitrogens with two attached hydrogens (primary N) is 1. The third-order valence-corrected chi connectivity index (χ3v) is 5.09. The molecular formula is C21H18FN5O2. The summed E-state index contributed by atoms with van der Waals surface area (Å²) in [6.45, 7) is 0.468. The van der Waals surface area contributed by atoms with E-state index in [1.54, 1.807) is 19.4 Å². The summed E-state index contributed by atoms with van der Waals surface area (Å²) in [5.74, 6) is 2.01. The van der Waals surface area contributed by atoms with Gasteiger partial charge in [-0.25, -0.2) is 19.3 Å².